The van der Waals surface area contributed by atoms with Crippen LogP contribution >= 0.6 is 22.9 Å². The molecule has 0 aliphatic rings. The first-order valence-corrected chi connectivity index (χ1v) is 11.7. The number of allylic oxidation sites excluding steroid dienone is 1. The molecule has 2 aromatic heterocycles. The van der Waals surface area contributed by atoms with Gasteiger partial charge in [0.15, 0.2) is 12.7 Å². The van der Waals surface area contributed by atoms with Crippen LogP contribution in [0, 0.1) is 24.1 Å². The standard InChI is InChI=1S/C25H19ClFN5O2S/c1-15-13-32(14-35-15)7-3-4-24(33)31-22-9-18-21(10-23(22)34-2)29-12-16(11-28)25(18)30-17-5-6-20(27)19(26)8-17/h3-6,8-10,12-14H,7H2,1-2H3,(H-,29,30,31,33)/p+1. The topological polar surface area (TPSA) is 90.9 Å². The van der Waals surface area contributed by atoms with Crippen LogP contribution in [-0.4, -0.2) is 18.0 Å². The van der Waals surface area contributed by atoms with Crippen LogP contribution in [0.5, 0.6) is 5.75 Å². The number of fused-ring (bicyclic) bond motifs is 1. The maximum atomic E-state index is 13.6. The summed E-state index contributed by atoms with van der Waals surface area (Å²) >= 11 is 7.54. The summed E-state index contributed by atoms with van der Waals surface area (Å²) in [6.45, 7) is 2.58. The third-order valence-corrected chi connectivity index (χ3v) is 6.21. The fraction of sp³-hybridized carbons (Fsp3) is 0.120. The number of rotatable bonds is 7. The molecule has 4 rings (SSSR count). The van der Waals surface area contributed by atoms with Gasteiger partial charge in [-0.3, -0.25) is 9.78 Å². The molecule has 0 unspecified atom stereocenters. The van der Waals surface area contributed by atoms with Crippen LogP contribution in [-0.2, 0) is 11.3 Å². The number of ether oxygens (including phenoxy) is 1. The van der Waals surface area contributed by atoms with Crippen LogP contribution in [0.25, 0.3) is 10.9 Å². The lowest BCUT2D eigenvalue weighted by Gasteiger charge is -2.15. The van der Waals surface area contributed by atoms with Gasteiger partial charge < -0.3 is 15.4 Å². The first-order valence-electron chi connectivity index (χ1n) is 10.4. The maximum absolute atomic E-state index is 13.6. The fourth-order valence-electron chi connectivity index (χ4n) is 3.42. The number of aromatic nitrogens is 2. The van der Waals surface area contributed by atoms with Crippen molar-refractivity contribution in [3.8, 4) is 11.8 Å². The summed E-state index contributed by atoms with van der Waals surface area (Å²) in [5.41, 5.74) is 4.12. The van der Waals surface area contributed by atoms with E-state index in [4.69, 9.17) is 16.3 Å². The van der Waals surface area contributed by atoms with Crippen molar-refractivity contribution in [3.05, 3.63) is 81.7 Å². The zero-order chi connectivity index (χ0) is 24.9. The molecule has 0 radical (unpaired) electrons. The highest BCUT2D eigenvalue weighted by Gasteiger charge is 2.15. The summed E-state index contributed by atoms with van der Waals surface area (Å²) in [6.07, 6.45) is 6.64. The number of carbonyl (C=O) groups excluding carboxylic acids is 1. The van der Waals surface area contributed by atoms with Gasteiger partial charge in [0.05, 0.1) is 39.5 Å². The molecule has 10 heteroatoms. The second-order valence-electron chi connectivity index (χ2n) is 7.53. The van der Waals surface area contributed by atoms with Crippen LogP contribution in [0.3, 0.4) is 0 Å². The Balaban J connectivity index is 1.66. The largest absolute Gasteiger partial charge is 0.494 e. The predicted octanol–water partition coefficient (Wildman–Crippen LogP) is 5.50. The lowest BCUT2D eigenvalue weighted by molar-refractivity contribution is -0.682. The zero-order valence-corrected chi connectivity index (χ0v) is 20.4. The predicted molar refractivity (Wildman–Crippen MR) is 135 cm³/mol. The molecule has 0 atom stereocenters. The van der Waals surface area contributed by atoms with E-state index in [2.05, 4.69) is 21.7 Å². The molecule has 2 aromatic carbocycles. The Morgan fingerprint density at radius 3 is 2.89 bits per heavy atom. The average Bonchev–Trinajstić information content (AvgIpc) is 3.26. The van der Waals surface area contributed by atoms with Crippen molar-refractivity contribution in [2.75, 3.05) is 17.7 Å². The number of anilines is 3. The van der Waals surface area contributed by atoms with Crippen molar-refractivity contribution in [1.82, 2.24) is 4.98 Å². The van der Waals surface area contributed by atoms with E-state index in [0.717, 1.165) is 0 Å². The molecule has 0 bridgehead atoms. The molecule has 1 amide bonds. The van der Waals surface area contributed by atoms with Crippen molar-refractivity contribution in [3.63, 3.8) is 0 Å². The molecule has 2 N–H and O–H groups in total. The van der Waals surface area contributed by atoms with Crippen molar-refractivity contribution < 1.29 is 18.5 Å². The molecule has 0 saturated heterocycles. The SMILES string of the molecule is COc1cc2ncc(C#N)c(Nc3ccc(F)c(Cl)c3)c2cc1NC(=O)C=CC[n+]1csc(C)c1. The quantitative estimate of drug-likeness (QED) is 0.254. The minimum Gasteiger partial charge on any atom is -0.494 e. The van der Waals surface area contributed by atoms with E-state index in [0.29, 0.717) is 40.3 Å². The first kappa shape index (κ1) is 24.1. The summed E-state index contributed by atoms with van der Waals surface area (Å²) in [5, 5.41) is 16.1. The Morgan fingerprint density at radius 2 is 2.20 bits per heavy atom. The number of hydrogen-bond acceptors (Lipinski definition) is 6. The van der Waals surface area contributed by atoms with E-state index in [9.17, 15) is 14.4 Å². The van der Waals surface area contributed by atoms with Crippen molar-refractivity contribution in [1.29, 1.82) is 5.26 Å². The van der Waals surface area contributed by atoms with Crippen molar-refractivity contribution in [2.24, 2.45) is 0 Å². The van der Waals surface area contributed by atoms with E-state index in [-0.39, 0.29) is 16.5 Å². The number of amides is 1. The van der Waals surface area contributed by atoms with Gasteiger partial charge >= 0.3 is 0 Å². The second kappa shape index (κ2) is 10.5. The van der Waals surface area contributed by atoms with Gasteiger partial charge in [-0.15, -0.1) is 0 Å². The Kier molecular flexibility index (Phi) is 7.25. The number of nitrogens with zero attached hydrogens (tertiary/aromatic N) is 3. The number of nitrogens with one attached hydrogen (secondary N) is 2. The summed E-state index contributed by atoms with van der Waals surface area (Å²) < 4.78 is 21.0. The van der Waals surface area contributed by atoms with E-state index < -0.39 is 5.82 Å². The molecule has 0 aliphatic carbocycles. The van der Waals surface area contributed by atoms with Gasteiger partial charge in [-0.2, -0.15) is 9.83 Å². The Hall–Kier alpha value is -4.00. The third kappa shape index (κ3) is 5.57. The summed E-state index contributed by atoms with van der Waals surface area (Å²) in [5.74, 6) is -0.470. The highest BCUT2D eigenvalue weighted by atomic mass is 35.5. The van der Waals surface area contributed by atoms with Crippen LogP contribution in [0.4, 0.5) is 21.5 Å². The smallest absolute Gasteiger partial charge is 0.248 e. The molecular formula is C25H20ClFN5O2S+. The van der Waals surface area contributed by atoms with Gasteiger partial charge in [0.25, 0.3) is 0 Å². The van der Waals surface area contributed by atoms with E-state index in [1.165, 1.54) is 42.5 Å². The van der Waals surface area contributed by atoms with Crippen LogP contribution in [0.1, 0.15) is 10.4 Å². The number of thiazole rings is 1. The Labute approximate surface area is 210 Å². The summed E-state index contributed by atoms with van der Waals surface area (Å²) in [7, 11) is 1.49. The number of aryl methyl sites for hydroxylation is 1. The monoisotopic (exact) mass is 508 g/mol. The van der Waals surface area contributed by atoms with E-state index in [1.54, 1.807) is 29.5 Å². The highest BCUT2D eigenvalue weighted by Crippen LogP contribution is 2.36. The molecule has 35 heavy (non-hydrogen) atoms. The minimum absolute atomic E-state index is 0.0518. The molecule has 4 aromatic rings. The number of carbonyl (C=O) groups is 1. The van der Waals surface area contributed by atoms with Gasteiger partial charge in [-0.25, -0.2) is 4.39 Å². The Morgan fingerprint density at radius 1 is 1.37 bits per heavy atom. The molecule has 0 spiro atoms. The van der Waals surface area contributed by atoms with Gasteiger partial charge in [0.1, 0.15) is 17.6 Å². The second-order valence-corrected chi connectivity index (χ2v) is 9.03. The van der Waals surface area contributed by atoms with Crippen LogP contribution in [0.15, 0.2) is 60.4 Å². The molecule has 2 heterocycles. The normalized spacial score (nSPS) is 10.9. The maximum Gasteiger partial charge on any atom is 0.248 e. The average molecular weight is 509 g/mol. The van der Waals surface area contributed by atoms with Gasteiger partial charge in [0.2, 0.25) is 11.4 Å². The van der Waals surface area contributed by atoms with Gasteiger partial charge in [-0.1, -0.05) is 22.9 Å². The number of nitriles is 1. The number of methoxy groups -OCH3 is 1. The molecule has 0 fully saturated rings. The molecule has 0 saturated carbocycles. The summed E-state index contributed by atoms with van der Waals surface area (Å²) in [6, 6.07) is 9.62. The fourth-order valence-corrected chi connectivity index (χ4v) is 4.25. The van der Waals surface area contributed by atoms with Crippen LogP contribution in [0.2, 0.25) is 5.02 Å². The van der Waals surface area contributed by atoms with E-state index >= 15 is 0 Å². The first-order chi connectivity index (χ1) is 16.9. The molecule has 176 valence electrons. The molecule has 7 nitrogen and oxygen atoms in total. The van der Waals surface area contributed by atoms with Crippen LogP contribution < -0.4 is 19.9 Å². The van der Waals surface area contributed by atoms with Gasteiger partial charge in [0, 0.05) is 29.4 Å². The van der Waals surface area contributed by atoms with E-state index in [1.807, 2.05) is 23.2 Å². The number of pyridine rings is 1. The molecule has 0 aliphatic heterocycles. The van der Waals surface area contributed by atoms with Crippen molar-refractivity contribution in [2.45, 2.75) is 13.5 Å². The third-order valence-electron chi connectivity index (χ3n) is 5.06. The highest BCUT2D eigenvalue weighted by molar-refractivity contribution is 7.09. The summed E-state index contributed by atoms with van der Waals surface area (Å²) in [4.78, 5) is 18.1. The van der Waals surface area contributed by atoms with Crippen molar-refractivity contribution >= 4 is 56.8 Å². The number of halogens is 2. The van der Waals surface area contributed by atoms with Gasteiger partial charge in [-0.05, 0) is 37.3 Å². The zero-order valence-electron chi connectivity index (χ0n) is 18.8. The Bertz CT molecular complexity index is 1500. The lowest BCUT2D eigenvalue weighted by atomic mass is 10.1. The lowest BCUT2D eigenvalue weighted by Crippen LogP contribution is -2.29. The minimum atomic E-state index is -0.548. The molecular weight excluding hydrogens is 489 g/mol. The number of benzene rings is 2. The number of hydrogen-bond donors (Lipinski definition) is 2.